The van der Waals surface area contributed by atoms with E-state index in [0.717, 1.165) is 69.7 Å². The Morgan fingerprint density at radius 3 is 2.44 bits per heavy atom. The zero-order valence-electron chi connectivity index (χ0n) is 16.9. The number of piperidine rings is 2. The molecule has 2 aliphatic heterocycles. The van der Waals surface area contributed by atoms with E-state index in [1.165, 1.54) is 11.3 Å². The maximum Gasteiger partial charge on any atom is 0.231 e. The number of nitrogens with one attached hydrogen (secondary N) is 1. The van der Waals surface area contributed by atoms with E-state index in [0.29, 0.717) is 17.4 Å². The Balaban J connectivity index is 1.69. The van der Waals surface area contributed by atoms with Gasteiger partial charge >= 0.3 is 0 Å². The van der Waals surface area contributed by atoms with Crippen molar-refractivity contribution in [3.8, 4) is 17.2 Å². The standard InChI is InChI=1S/C21H32N2O4/c1-25-18-10-9-16(19(26-2)20(18)27-3)14-22-11-7-8-17(15-22)21(24)23-12-5-4-6-13-23/h9-10,17H,4-8,11-15H2,1-3H3/p+1/t17-/m1/s1. The van der Waals surface area contributed by atoms with Crippen LogP contribution in [0.25, 0.3) is 0 Å². The molecule has 0 spiro atoms. The lowest BCUT2D eigenvalue weighted by molar-refractivity contribution is -0.921. The number of methoxy groups -OCH3 is 3. The summed E-state index contributed by atoms with van der Waals surface area (Å²) in [4.78, 5) is 16.4. The van der Waals surface area contributed by atoms with Gasteiger partial charge in [-0.3, -0.25) is 4.79 Å². The van der Waals surface area contributed by atoms with Gasteiger partial charge in [0.15, 0.2) is 11.5 Å². The van der Waals surface area contributed by atoms with Crippen molar-refractivity contribution in [1.29, 1.82) is 0 Å². The quantitative estimate of drug-likeness (QED) is 0.817. The zero-order valence-corrected chi connectivity index (χ0v) is 16.9. The number of hydrogen-bond acceptors (Lipinski definition) is 4. The predicted molar refractivity (Wildman–Crippen MR) is 104 cm³/mol. The first kappa shape index (κ1) is 19.8. The number of carbonyl (C=O) groups is 1. The molecule has 0 radical (unpaired) electrons. The van der Waals surface area contributed by atoms with E-state index in [-0.39, 0.29) is 5.92 Å². The number of rotatable bonds is 6. The molecular formula is C21H33N2O4+. The van der Waals surface area contributed by atoms with Crippen LogP contribution in [-0.4, -0.2) is 58.3 Å². The fourth-order valence-corrected chi connectivity index (χ4v) is 4.47. The molecule has 1 amide bonds. The lowest BCUT2D eigenvalue weighted by Crippen LogP contribution is -3.12. The van der Waals surface area contributed by atoms with Crippen molar-refractivity contribution in [3.63, 3.8) is 0 Å². The van der Waals surface area contributed by atoms with Gasteiger partial charge in [-0.2, -0.15) is 0 Å². The number of amides is 1. The van der Waals surface area contributed by atoms with Gasteiger partial charge in [0.25, 0.3) is 0 Å². The van der Waals surface area contributed by atoms with Crippen LogP contribution in [-0.2, 0) is 11.3 Å². The first-order chi connectivity index (χ1) is 13.2. The number of hydrogen-bond donors (Lipinski definition) is 1. The number of carbonyl (C=O) groups excluding carboxylic acids is 1. The van der Waals surface area contributed by atoms with Crippen LogP contribution in [0.15, 0.2) is 12.1 Å². The van der Waals surface area contributed by atoms with Crippen molar-refractivity contribution in [3.05, 3.63) is 17.7 Å². The van der Waals surface area contributed by atoms with Crippen LogP contribution < -0.4 is 19.1 Å². The predicted octanol–water partition coefficient (Wildman–Crippen LogP) is 1.52. The summed E-state index contributed by atoms with van der Waals surface area (Å²) >= 11 is 0. The van der Waals surface area contributed by atoms with Crippen LogP contribution in [0, 0.1) is 5.92 Å². The molecule has 0 bridgehead atoms. The summed E-state index contributed by atoms with van der Waals surface area (Å²) in [7, 11) is 4.92. The van der Waals surface area contributed by atoms with Gasteiger partial charge in [-0.05, 0) is 44.2 Å². The third-order valence-corrected chi connectivity index (χ3v) is 5.86. The van der Waals surface area contributed by atoms with E-state index in [2.05, 4.69) is 4.90 Å². The highest BCUT2D eigenvalue weighted by molar-refractivity contribution is 5.79. The molecule has 1 N–H and O–H groups in total. The summed E-state index contributed by atoms with van der Waals surface area (Å²) in [6.07, 6.45) is 5.66. The molecule has 6 nitrogen and oxygen atoms in total. The molecule has 2 aliphatic rings. The molecule has 2 atom stereocenters. The van der Waals surface area contributed by atoms with Gasteiger partial charge in [0, 0.05) is 13.1 Å². The van der Waals surface area contributed by atoms with E-state index < -0.39 is 0 Å². The van der Waals surface area contributed by atoms with E-state index in [1.54, 1.807) is 21.3 Å². The van der Waals surface area contributed by atoms with Crippen LogP contribution in [0.5, 0.6) is 17.2 Å². The molecule has 0 saturated carbocycles. The largest absolute Gasteiger partial charge is 0.493 e. The molecule has 2 heterocycles. The maximum absolute atomic E-state index is 12.9. The van der Waals surface area contributed by atoms with Crippen molar-refractivity contribution in [2.24, 2.45) is 5.92 Å². The zero-order chi connectivity index (χ0) is 19.2. The average Bonchev–Trinajstić information content (AvgIpc) is 2.73. The second-order valence-corrected chi connectivity index (χ2v) is 7.60. The van der Waals surface area contributed by atoms with Crippen molar-refractivity contribution < 1.29 is 23.9 Å². The van der Waals surface area contributed by atoms with Crippen LogP contribution in [0.2, 0.25) is 0 Å². The molecule has 6 heteroatoms. The van der Waals surface area contributed by atoms with Crippen LogP contribution in [0.1, 0.15) is 37.7 Å². The highest BCUT2D eigenvalue weighted by atomic mass is 16.5. The second kappa shape index (κ2) is 9.31. The Labute approximate surface area is 162 Å². The van der Waals surface area contributed by atoms with Gasteiger partial charge in [-0.15, -0.1) is 0 Å². The van der Waals surface area contributed by atoms with E-state index >= 15 is 0 Å². The van der Waals surface area contributed by atoms with E-state index in [4.69, 9.17) is 14.2 Å². The smallest absolute Gasteiger partial charge is 0.231 e. The highest BCUT2D eigenvalue weighted by Crippen LogP contribution is 2.39. The molecule has 27 heavy (non-hydrogen) atoms. The minimum absolute atomic E-state index is 0.151. The summed E-state index contributed by atoms with van der Waals surface area (Å²) in [5.74, 6) is 2.55. The SMILES string of the molecule is COc1ccc(C[NH+]2CCC[C@@H](C(=O)N3CCCCC3)C2)c(OC)c1OC. The van der Waals surface area contributed by atoms with E-state index in [9.17, 15) is 4.79 Å². The normalized spacial score (nSPS) is 23.0. The van der Waals surface area contributed by atoms with Crippen molar-refractivity contribution in [2.45, 2.75) is 38.6 Å². The van der Waals surface area contributed by atoms with Crippen molar-refractivity contribution >= 4 is 5.91 Å². The lowest BCUT2D eigenvalue weighted by atomic mass is 9.95. The summed E-state index contributed by atoms with van der Waals surface area (Å²) in [6, 6.07) is 3.97. The highest BCUT2D eigenvalue weighted by Gasteiger charge is 2.33. The van der Waals surface area contributed by atoms with E-state index in [1.807, 2.05) is 12.1 Å². The average molecular weight is 378 g/mol. The Kier molecular flexibility index (Phi) is 6.83. The number of benzene rings is 1. The Morgan fingerprint density at radius 1 is 1.04 bits per heavy atom. The minimum Gasteiger partial charge on any atom is -0.493 e. The molecule has 1 aromatic rings. The molecule has 1 aromatic carbocycles. The third-order valence-electron chi connectivity index (χ3n) is 5.86. The number of quaternary nitrogens is 1. The number of likely N-dealkylation sites (tertiary alicyclic amines) is 2. The molecule has 150 valence electrons. The second-order valence-electron chi connectivity index (χ2n) is 7.60. The van der Waals surface area contributed by atoms with Gasteiger partial charge in [-0.25, -0.2) is 0 Å². The van der Waals surface area contributed by atoms with Crippen molar-refractivity contribution in [1.82, 2.24) is 4.90 Å². The molecular weight excluding hydrogens is 344 g/mol. The maximum atomic E-state index is 12.9. The molecule has 1 unspecified atom stereocenters. The molecule has 0 aliphatic carbocycles. The summed E-state index contributed by atoms with van der Waals surface area (Å²) in [5, 5.41) is 0. The first-order valence-corrected chi connectivity index (χ1v) is 10.1. The summed E-state index contributed by atoms with van der Waals surface area (Å²) < 4.78 is 16.5. The fraction of sp³-hybridized carbons (Fsp3) is 0.667. The summed E-state index contributed by atoms with van der Waals surface area (Å²) in [6.45, 7) is 4.68. The number of nitrogens with zero attached hydrogens (tertiary/aromatic N) is 1. The topological polar surface area (TPSA) is 52.4 Å². The number of ether oxygens (including phenoxy) is 3. The minimum atomic E-state index is 0.151. The van der Waals surface area contributed by atoms with Gasteiger partial charge in [0.05, 0.1) is 45.9 Å². The summed E-state index contributed by atoms with van der Waals surface area (Å²) in [5.41, 5.74) is 1.09. The van der Waals surface area contributed by atoms with Gasteiger partial charge in [0.2, 0.25) is 11.7 Å². The molecule has 0 aromatic heterocycles. The fourth-order valence-electron chi connectivity index (χ4n) is 4.47. The monoisotopic (exact) mass is 377 g/mol. The van der Waals surface area contributed by atoms with Crippen LogP contribution in [0.3, 0.4) is 0 Å². The van der Waals surface area contributed by atoms with Gasteiger partial charge in [-0.1, -0.05) is 0 Å². The first-order valence-electron chi connectivity index (χ1n) is 10.1. The third kappa shape index (κ3) is 4.49. The Morgan fingerprint density at radius 2 is 1.78 bits per heavy atom. The van der Waals surface area contributed by atoms with Gasteiger partial charge < -0.3 is 24.0 Å². The van der Waals surface area contributed by atoms with Crippen LogP contribution in [0.4, 0.5) is 0 Å². The Bertz CT molecular complexity index is 643. The Hall–Kier alpha value is -1.95. The molecule has 3 rings (SSSR count). The molecule has 2 saturated heterocycles. The molecule has 2 fully saturated rings. The van der Waals surface area contributed by atoms with Gasteiger partial charge in [0.1, 0.15) is 6.54 Å². The van der Waals surface area contributed by atoms with Crippen molar-refractivity contribution in [2.75, 3.05) is 47.5 Å². The van der Waals surface area contributed by atoms with Crippen LogP contribution >= 0.6 is 0 Å². The lowest BCUT2D eigenvalue weighted by Gasteiger charge is -2.34.